The molecule has 88 valence electrons. The van der Waals surface area contributed by atoms with Crippen LogP contribution >= 0.6 is 11.6 Å². The van der Waals surface area contributed by atoms with Crippen molar-refractivity contribution in [3.63, 3.8) is 0 Å². The molecular weight excluding hydrogens is 242 g/mol. The summed E-state index contributed by atoms with van der Waals surface area (Å²) in [6, 6.07) is 0.935. The van der Waals surface area contributed by atoms with Gasteiger partial charge in [0.05, 0.1) is 13.0 Å². The SMILES string of the molecule is COC(=O)c1cc(C(F)F)c(CCl)c(N)n1. The van der Waals surface area contributed by atoms with Gasteiger partial charge >= 0.3 is 5.97 Å². The first-order valence-corrected chi connectivity index (χ1v) is 4.76. The third kappa shape index (κ3) is 2.38. The summed E-state index contributed by atoms with van der Waals surface area (Å²) in [6.07, 6.45) is -2.78. The zero-order valence-electron chi connectivity index (χ0n) is 8.34. The molecular formula is C9H9ClF2N2O2. The Kier molecular flexibility index (Phi) is 4.00. The van der Waals surface area contributed by atoms with Gasteiger partial charge in [0.25, 0.3) is 6.43 Å². The number of carbonyl (C=O) groups excluding carboxylic acids is 1. The third-order valence-corrected chi connectivity index (χ3v) is 2.22. The molecule has 1 aromatic rings. The highest BCUT2D eigenvalue weighted by Crippen LogP contribution is 2.28. The van der Waals surface area contributed by atoms with Gasteiger partial charge in [-0.05, 0) is 6.07 Å². The minimum absolute atomic E-state index is 0.0318. The molecule has 1 aromatic heterocycles. The number of ether oxygens (including phenoxy) is 1. The van der Waals surface area contributed by atoms with Gasteiger partial charge in [-0.2, -0.15) is 0 Å². The highest BCUT2D eigenvalue weighted by atomic mass is 35.5. The fraction of sp³-hybridized carbons (Fsp3) is 0.333. The molecule has 1 heterocycles. The second-order valence-corrected chi connectivity index (χ2v) is 3.15. The minimum Gasteiger partial charge on any atom is -0.464 e. The van der Waals surface area contributed by atoms with E-state index >= 15 is 0 Å². The van der Waals surface area contributed by atoms with Gasteiger partial charge in [0.15, 0.2) is 5.69 Å². The summed E-state index contributed by atoms with van der Waals surface area (Å²) in [7, 11) is 1.12. The van der Waals surface area contributed by atoms with Crippen LogP contribution in [0.4, 0.5) is 14.6 Å². The van der Waals surface area contributed by atoms with E-state index in [0.717, 1.165) is 13.2 Å². The first-order chi connectivity index (χ1) is 7.51. The molecule has 0 aliphatic carbocycles. The van der Waals surface area contributed by atoms with Gasteiger partial charge in [-0.3, -0.25) is 0 Å². The summed E-state index contributed by atoms with van der Waals surface area (Å²) in [6.45, 7) is 0. The first kappa shape index (κ1) is 12.6. The van der Waals surface area contributed by atoms with Crippen LogP contribution in [0, 0.1) is 0 Å². The van der Waals surface area contributed by atoms with Crippen molar-refractivity contribution in [1.82, 2.24) is 4.98 Å². The van der Waals surface area contributed by atoms with Gasteiger partial charge in [0, 0.05) is 11.1 Å². The Balaban J connectivity index is 3.33. The number of hydrogen-bond donors (Lipinski definition) is 1. The minimum atomic E-state index is -2.78. The lowest BCUT2D eigenvalue weighted by Crippen LogP contribution is -2.10. The monoisotopic (exact) mass is 250 g/mol. The highest BCUT2D eigenvalue weighted by molar-refractivity contribution is 6.17. The molecule has 16 heavy (non-hydrogen) atoms. The summed E-state index contributed by atoms with van der Waals surface area (Å²) in [5, 5.41) is 0. The molecule has 0 aliphatic rings. The highest BCUT2D eigenvalue weighted by Gasteiger charge is 2.20. The third-order valence-electron chi connectivity index (χ3n) is 1.95. The van der Waals surface area contributed by atoms with Crippen LogP contribution in [0.15, 0.2) is 6.07 Å². The molecule has 0 amide bonds. The summed E-state index contributed by atoms with van der Waals surface area (Å²) in [5.74, 6) is -1.21. The zero-order valence-corrected chi connectivity index (χ0v) is 9.09. The normalized spacial score (nSPS) is 10.6. The van der Waals surface area contributed by atoms with Crippen LogP contribution < -0.4 is 5.73 Å². The van der Waals surface area contributed by atoms with Crippen LogP contribution in [0.25, 0.3) is 0 Å². The van der Waals surface area contributed by atoms with Crippen molar-refractivity contribution < 1.29 is 18.3 Å². The Morgan fingerprint density at radius 1 is 1.69 bits per heavy atom. The van der Waals surface area contributed by atoms with E-state index in [2.05, 4.69) is 9.72 Å². The summed E-state index contributed by atoms with van der Waals surface area (Å²) in [4.78, 5) is 14.8. The van der Waals surface area contributed by atoms with E-state index in [0.29, 0.717) is 0 Å². The van der Waals surface area contributed by atoms with Crippen molar-refractivity contribution in [1.29, 1.82) is 0 Å². The number of rotatable bonds is 3. The van der Waals surface area contributed by atoms with E-state index in [1.54, 1.807) is 0 Å². The van der Waals surface area contributed by atoms with E-state index in [1.807, 2.05) is 0 Å². The lowest BCUT2D eigenvalue weighted by Gasteiger charge is -2.10. The smallest absolute Gasteiger partial charge is 0.356 e. The molecule has 2 N–H and O–H groups in total. The molecule has 0 saturated heterocycles. The van der Waals surface area contributed by atoms with Gasteiger partial charge < -0.3 is 10.5 Å². The maximum atomic E-state index is 12.6. The lowest BCUT2D eigenvalue weighted by atomic mass is 10.1. The average molecular weight is 251 g/mol. The zero-order chi connectivity index (χ0) is 12.3. The second-order valence-electron chi connectivity index (χ2n) is 2.89. The Hall–Kier alpha value is -1.43. The van der Waals surface area contributed by atoms with Gasteiger partial charge in [0.1, 0.15) is 5.82 Å². The molecule has 4 nitrogen and oxygen atoms in total. The van der Waals surface area contributed by atoms with Crippen LogP contribution in [0.1, 0.15) is 28.0 Å². The number of carbonyl (C=O) groups is 1. The summed E-state index contributed by atoms with van der Waals surface area (Å²) >= 11 is 5.48. The number of halogens is 3. The molecule has 0 aromatic carbocycles. The topological polar surface area (TPSA) is 65.2 Å². The first-order valence-electron chi connectivity index (χ1n) is 4.23. The maximum Gasteiger partial charge on any atom is 0.356 e. The fourth-order valence-electron chi connectivity index (χ4n) is 1.16. The molecule has 0 bridgehead atoms. The van der Waals surface area contributed by atoms with Gasteiger partial charge in [-0.25, -0.2) is 18.6 Å². The molecule has 0 fully saturated rings. The van der Waals surface area contributed by atoms with Gasteiger partial charge in [-0.15, -0.1) is 11.6 Å². The van der Waals surface area contributed by atoms with Crippen molar-refractivity contribution >= 4 is 23.4 Å². The quantitative estimate of drug-likeness (QED) is 0.659. The molecule has 1 rings (SSSR count). The molecule has 0 unspecified atom stereocenters. The number of aromatic nitrogens is 1. The molecule has 0 atom stereocenters. The number of esters is 1. The predicted octanol–water partition coefficient (Wildman–Crippen LogP) is 2.13. The Bertz CT molecular complexity index is 413. The van der Waals surface area contributed by atoms with Crippen molar-refractivity contribution in [3.8, 4) is 0 Å². The second kappa shape index (κ2) is 5.07. The summed E-state index contributed by atoms with van der Waals surface area (Å²) < 4.78 is 29.7. The number of pyridine rings is 1. The number of nitrogen functional groups attached to an aromatic ring is 1. The van der Waals surface area contributed by atoms with Gasteiger partial charge in [0.2, 0.25) is 0 Å². The van der Waals surface area contributed by atoms with Crippen molar-refractivity contribution in [3.05, 3.63) is 22.9 Å². The number of anilines is 1. The van der Waals surface area contributed by atoms with E-state index < -0.39 is 18.0 Å². The van der Waals surface area contributed by atoms with Crippen molar-refractivity contribution in [2.45, 2.75) is 12.3 Å². The summed E-state index contributed by atoms with van der Waals surface area (Å²) in [5.41, 5.74) is 4.80. The number of alkyl halides is 3. The van der Waals surface area contributed by atoms with Crippen LogP contribution in [-0.4, -0.2) is 18.1 Å². The molecule has 0 radical (unpaired) electrons. The van der Waals surface area contributed by atoms with Crippen LogP contribution in [-0.2, 0) is 10.6 Å². The van der Waals surface area contributed by atoms with E-state index in [-0.39, 0.29) is 23.0 Å². The fourth-order valence-corrected chi connectivity index (χ4v) is 1.45. The Morgan fingerprint density at radius 3 is 2.75 bits per heavy atom. The molecule has 0 aliphatic heterocycles. The maximum absolute atomic E-state index is 12.6. The van der Waals surface area contributed by atoms with Crippen LogP contribution in [0.3, 0.4) is 0 Å². The lowest BCUT2D eigenvalue weighted by molar-refractivity contribution is 0.0593. The van der Waals surface area contributed by atoms with Crippen LogP contribution in [0.5, 0.6) is 0 Å². The van der Waals surface area contributed by atoms with E-state index in [4.69, 9.17) is 17.3 Å². The van der Waals surface area contributed by atoms with Gasteiger partial charge in [-0.1, -0.05) is 0 Å². The van der Waals surface area contributed by atoms with Crippen LogP contribution in [0.2, 0.25) is 0 Å². The molecule has 7 heteroatoms. The van der Waals surface area contributed by atoms with Crippen molar-refractivity contribution in [2.24, 2.45) is 0 Å². The van der Waals surface area contributed by atoms with E-state index in [9.17, 15) is 13.6 Å². The number of methoxy groups -OCH3 is 1. The van der Waals surface area contributed by atoms with E-state index in [1.165, 1.54) is 0 Å². The molecule has 0 spiro atoms. The number of nitrogens with two attached hydrogens (primary N) is 1. The Labute approximate surface area is 95.4 Å². The largest absolute Gasteiger partial charge is 0.464 e. The van der Waals surface area contributed by atoms with Crippen molar-refractivity contribution in [2.75, 3.05) is 12.8 Å². The molecule has 0 saturated carbocycles. The Morgan fingerprint density at radius 2 is 2.31 bits per heavy atom. The standard InChI is InChI=1S/C9H9ClF2N2O2/c1-16-9(15)6-2-4(7(11)12)5(3-10)8(13)14-6/h2,7H,3H2,1H3,(H2,13,14). The number of nitrogens with zero attached hydrogens (tertiary/aromatic N) is 1. The number of hydrogen-bond acceptors (Lipinski definition) is 4. The average Bonchev–Trinajstić information content (AvgIpc) is 2.26. The predicted molar refractivity (Wildman–Crippen MR) is 54.5 cm³/mol.